The summed E-state index contributed by atoms with van der Waals surface area (Å²) in [4.78, 5) is 13.0. The number of methoxy groups -OCH3 is 2. The van der Waals surface area contributed by atoms with E-state index in [9.17, 15) is 4.79 Å². The molecule has 0 radical (unpaired) electrons. The van der Waals surface area contributed by atoms with Crippen molar-refractivity contribution < 1.29 is 14.3 Å². The van der Waals surface area contributed by atoms with Gasteiger partial charge < -0.3 is 14.8 Å². The van der Waals surface area contributed by atoms with Crippen molar-refractivity contribution in [2.75, 3.05) is 14.2 Å². The summed E-state index contributed by atoms with van der Waals surface area (Å²) < 4.78 is 12.2. The molecule has 1 unspecified atom stereocenters. The van der Waals surface area contributed by atoms with Crippen molar-refractivity contribution in [3.05, 3.63) is 60.3 Å². The molecule has 0 aliphatic rings. The number of hydrogen-bond acceptors (Lipinski definition) is 4. The summed E-state index contributed by atoms with van der Waals surface area (Å²) in [5.41, 5.74) is 2.83. The number of nitrogens with zero attached hydrogens (tertiary/aromatic N) is 2. The number of rotatable bonds is 7. The van der Waals surface area contributed by atoms with Crippen LogP contribution in [-0.4, -0.2) is 35.9 Å². The maximum Gasteiger partial charge on any atom is 0.270 e. The Morgan fingerprint density at radius 1 is 0.966 bits per heavy atom. The minimum absolute atomic E-state index is 0.0435. The minimum atomic E-state index is -0.163. The molecule has 152 valence electrons. The van der Waals surface area contributed by atoms with E-state index in [2.05, 4.69) is 19.2 Å². The van der Waals surface area contributed by atoms with Crippen LogP contribution in [0.3, 0.4) is 0 Å². The van der Waals surface area contributed by atoms with Crippen LogP contribution in [0.4, 0.5) is 0 Å². The fourth-order valence-corrected chi connectivity index (χ4v) is 2.83. The molecule has 6 nitrogen and oxygen atoms in total. The molecule has 1 atom stereocenters. The lowest BCUT2D eigenvalue weighted by Gasteiger charge is -2.17. The number of carbonyl (C=O) groups is 1. The van der Waals surface area contributed by atoms with Gasteiger partial charge in [0.1, 0.15) is 17.2 Å². The fraction of sp³-hybridized carbons (Fsp3) is 0.304. The van der Waals surface area contributed by atoms with Crippen LogP contribution in [-0.2, 0) is 0 Å². The monoisotopic (exact) mass is 393 g/mol. The Morgan fingerprint density at radius 3 is 2.28 bits per heavy atom. The first kappa shape index (κ1) is 20.5. The standard InChI is InChI=1S/C23H27N3O3/c1-15(2)16(3)24-23(27)22-14-21(17-7-6-8-20(13-17)29-5)25-26(22)18-9-11-19(28-4)12-10-18/h6-16H,1-5H3,(H,24,27). The molecule has 0 aliphatic carbocycles. The van der Waals surface area contributed by atoms with Gasteiger partial charge in [0.25, 0.3) is 5.91 Å². The average Bonchev–Trinajstić information content (AvgIpc) is 3.19. The van der Waals surface area contributed by atoms with Crippen LogP contribution in [0.1, 0.15) is 31.3 Å². The Kier molecular flexibility index (Phi) is 6.22. The first-order valence-corrected chi connectivity index (χ1v) is 9.62. The molecule has 0 saturated carbocycles. The first-order chi connectivity index (χ1) is 13.9. The van der Waals surface area contributed by atoms with Crippen molar-refractivity contribution in [1.82, 2.24) is 15.1 Å². The van der Waals surface area contributed by atoms with Crippen LogP contribution < -0.4 is 14.8 Å². The van der Waals surface area contributed by atoms with Gasteiger partial charge in [0, 0.05) is 11.6 Å². The van der Waals surface area contributed by atoms with Crippen molar-refractivity contribution >= 4 is 5.91 Å². The van der Waals surface area contributed by atoms with Gasteiger partial charge in [-0.2, -0.15) is 5.10 Å². The largest absolute Gasteiger partial charge is 0.497 e. The van der Waals surface area contributed by atoms with Crippen LogP contribution in [0.15, 0.2) is 54.6 Å². The molecule has 0 aliphatic heterocycles. The van der Waals surface area contributed by atoms with Gasteiger partial charge in [-0.15, -0.1) is 0 Å². The summed E-state index contributed by atoms with van der Waals surface area (Å²) in [5.74, 6) is 1.65. The van der Waals surface area contributed by atoms with Gasteiger partial charge in [-0.1, -0.05) is 26.0 Å². The van der Waals surface area contributed by atoms with Gasteiger partial charge in [0.2, 0.25) is 0 Å². The van der Waals surface area contributed by atoms with Gasteiger partial charge in [-0.05, 0) is 55.3 Å². The third kappa shape index (κ3) is 4.59. The maximum atomic E-state index is 13.0. The SMILES string of the molecule is COc1ccc(-n2nc(-c3cccc(OC)c3)cc2C(=O)NC(C)C(C)C)cc1. The number of amides is 1. The summed E-state index contributed by atoms with van der Waals surface area (Å²) in [7, 11) is 3.25. The van der Waals surface area contributed by atoms with Crippen molar-refractivity contribution in [2.24, 2.45) is 5.92 Å². The summed E-state index contributed by atoms with van der Waals surface area (Å²) in [6, 6.07) is 16.9. The van der Waals surface area contributed by atoms with Gasteiger partial charge in [0.15, 0.2) is 0 Å². The highest BCUT2D eigenvalue weighted by Crippen LogP contribution is 2.26. The van der Waals surface area contributed by atoms with E-state index in [0.717, 1.165) is 22.7 Å². The van der Waals surface area contributed by atoms with Crippen molar-refractivity contribution in [3.63, 3.8) is 0 Å². The molecule has 1 aromatic heterocycles. The second-order valence-corrected chi connectivity index (χ2v) is 7.26. The topological polar surface area (TPSA) is 65.4 Å². The molecule has 0 bridgehead atoms. The summed E-state index contributed by atoms with van der Waals surface area (Å²) in [5, 5.41) is 7.78. The Labute approximate surface area is 171 Å². The van der Waals surface area contributed by atoms with E-state index in [-0.39, 0.29) is 11.9 Å². The van der Waals surface area contributed by atoms with Crippen LogP contribution in [0, 0.1) is 5.92 Å². The van der Waals surface area contributed by atoms with Gasteiger partial charge in [-0.3, -0.25) is 4.79 Å². The number of carbonyl (C=O) groups excluding carboxylic acids is 1. The summed E-state index contributed by atoms with van der Waals surface area (Å²) >= 11 is 0. The molecule has 0 spiro atoms. The van der Waals surface area contributed by atoms with Crippen molar-refractivity contribution in [3.8, 4) is 28.4 Å². The third-order valence-corrected chi connectivity index (χ3v) is 4.98. The lowest BCUT2D eigenvalue weighted by Crippen LogP contribution is -2.37. The number of hydrogen-bond donors (Lipinski definition) is 1. The van der Waals surface area contributed by atoms with E-state index >= 15 is 0 Å². The Morgan fingerprint density at radius 2 is 1.66 bits per heavy atom. The predicted octanol–water partition coefficient (Wildman–Crippen LogP) is 4.33. The molecular weight excluding hydrogens is 366 g/mol. The van der Waals surface area contributed by atoms with Gasteiger partial charge in [-0.25, -0.2) is 4.68 Å². The molecule has 3 rings (SSSR count). The number of benzene rings is 2. The lowest BCUT2D eigenvalue weighted by molar-refractivity contribution is 0.0922. The molecule has 0 fully saturated rings. The van der Waals surface area contributed by atoms with Crippen LogP contribution >= 0.6 is 0 Å². The second kappa shape index (κ2) is 8.82. The van der Waals surface area contributed by atoms with Gasteiger partial charge >= 0.3 is 0 Å². The lowest BCUT2D eigenvalue weighted by atomic mass is 10.1. The quantitative estimate of drug-likeness (QED) is 0.649. The van der Waals surface area contributed by atoms with Crippen LogP contribution in [0.5, 0.6) is 11.5 Å². The van der Waals surface area contributed by atoms with Crippen LogP contribution in [0.2, 0.25) is 0 Å². The summed E-state index contributed by atoms with van der Waals surface area (Å²) in [6.07, 6.45) is 0. The highest BCUT2D eigenvalue weighted by atomic mass is 16.5. The molecule has 0 saturated heterocycles. The zero-order valence-electron chi connectivity index (χ0n) is 17.5. The zero-order chi connectivity index (χ0) is 21.0. The Hall–Kier alpha value is -3.28. The van der Waals surface area contributed by atoms with E-state index < -0.39 is 0 Å². The van der Waals surface area contributed by atoms with Crippen molar-refractivity contribution in [2.45, 2.75) is 26.8 Å². The van der Waals surface area contributed by atoms with Crippen LogP contribution in [0.25, 0.3) is 16.9 Å². The molecule has 1 heterocycles. The van der Waals surface area contributed by atoms with E-state index in [0.29, 0.717) is 17.3 Å². The second-order valence-electron chi connectivity index (χ2n) is 7.26. The highest BCUT2D eigenvalue weighted by molar-refractivity contribution is 5.94. The normalized spacial score (nSPS) is 11.9. The summed E-state index contributed by atoms with van der Waals surface area (Å²) in [6.45, 7) is 6.15. The Balaban J connectivity index is 2.05. The predicted molar refractivity (Wildman–Crippen MR) is 114 cm³/mol. The van der Waals surface area contributed by atoms with Gasteiger partial charge in [0.05, 0.1) is 25.6 Å². The highest BCUT2D eigenvalue weighted by Gasteiger charge is 2.20. The van der Waals surface area contributed by atoms with E-state index in [4.69, 9.17) is 14.6 Å². The van der Waals surface area contributed by atoms with E-state index in [1.807, 2.05) is 55.5 Å². The van der Waals surface area contributed by atoms with Crippen molar-refractivity contribution in [1.29, 1.82) is 0 Å². The fourth-order valence-electron chi connectivity index (χ4n) is 2.83. The third-order valence-electron chi connectivity index (χ3n) is 4.98. The molecule has 1 amide bonds. The van der Waals surface area contributed by atoms with E-state index in [1.165, 1.54) is 0 Å². The maximum absolute atomic E-state index is 13.0. The number of nitrogens with one attached hydrogen (secondary N) is 1. The molecule has 3 aromatic rings. The van der Waals surface area contributed by atoms with E-state index in [1.54, 1.807) is 25.0 Å². The smallest absolute Gasteiger partial charge is 0.270 e. The number of aromatic nitrogens is 2. The molecule has 1 N–H and O–H groups in total. The zero-order valence-corrected chi connectivity index (χ0v) is 17.5. The molecule has 2 aromatic carbocycles. The number of ether oxygens (including phenoxy) is 2. The Bertz CT molecular complexity index is 977. The molecule has 6 heteroatoms. The average molecular weight is 393 g/mol. The minimum Gasteiger partial charge on any atom is -0.497 e. The molecular formula is C23H27N3O3. The first-order valence-electron chi connectivity index (χ1n) is 9.62. The molecule has 29 heavy (non-hydrogen) atoms.